The molecule has 0 spiro atoms. The zero-order valence-corrected chi connectivity index (χ0v) is 20.0. The number of carbonyl (C=O) groups is 2. The standard InChI is InChI=1S/C25H27N3O5S/c1-17-11-13-20(14-12-17)34(32,33)28(22-10-6-8-18-7-4-5-9-21(18)22)16-19(29)15-27-23(30)25(2,3)26-24(27)31/h4-14,19,29H,15-16H2,1-3H3,(H,26,31). The molecular weight excluding hydrogens is 454 g/mol. The monoisotopic (exact) mass is 481 g/mol. The second-order valence-corrected chi connectivity index (χ2v) is 10.8. The molecule has 34 heavy (non-hydrogen) atoms. The van der Waals surface area contributed by atoms with Gasteiger partial charge in [0.15, 0.2) is 0 Å². The Bertz CT molecular complexity index is 1350. The van der Waals surface area contributed by atoms with E-state index in [4.69, 9.17) is 0 Å². The number of hydrogen-bond donors (Lipinski definition) is 2. The molecule has 178 valence electrons. The number of sulfonamides is 1. The first-order chi connectivity index (χ1) is 16.0. The number of urea groups is 1. The van der Waals surface area contributed by atoms with Gasteiger partial charge in [-0.05, 0) is 44.4 Å². The van der Waals surface area contributed by atoms with E-state index in [9.17, 15) is 23.1 Å². The number of hydrogen-bond acceptors (Lipinski definition) is 5. The van der Waals surface area contributed by atoms with E-state index in [-0.39, 0.29) is 18.0 Å². The van der Waals surface area contributed by atoms with Crippen LogP contribution in [0.2, 0.25) is 0 Å². The molecule has 2 N–H and O–H groups in total. The summed E-state index contributed by atoms with van der Waals surface area (Å²) in [6.45, 7) is 4.33. The van der Waals surface area contributed by atoms with Gasteiger partial charge in [-0.1, -0.05) is 54.1 Å². The number of aryl methyl sites for hydroxylation is 1. The number of fused-ring (bicyclic) bond motifs is 1. The Morgan fingerprint density at radius 2 is 1.65 bits per heavy atom. The van der Waals surface area contributed by atoms with Crippen LogP contribution in [-0.4, -0.2) is 55.1 Å². The number of benzene rings is 3. The van der Waals surface area contributed by atoms with Gasteiger partial charge >= 0.3 is 6.03 Å². The molecule has 3 amide bonds. The highest BCUT2D eigenvalue weighted by Crippen LogP contribution is 2.31. The minimum atomic E-state index is -4.07. The average molecular weight is 482 g/mol. The summed E-state index contributed by atoms with van der Waals surface area (Å²) in [4.78, 5) is 25.8. The third-order valence-corrected chi connectivity index (χ3v) is 7.65. The Morgan fingerprint density at radius 3 is 2.29 bits per heavy atom. The number of carbonyl (C=O) groups excluding carboxylic acids is 2. The number of aliphatic hydroxyl groups is 1. The summed E-state index contributed by atoms with van der Waals surface area (Å²) in [7, 11) is -4.07. The van der Waals surface area contributed by atoms with Crippen molar-refractivity contribution >= 4 is 38.4 Å². The first kappa shape index (κ1) is 23.7. The Morgan fingerprint density at radius 1 is 1.00 bits per heavy atom. The van der Waals surface area contributed by atoms with Gasteiger partial charge in [0.25, 0.3) is 15.9 Å². The van der Waals surface area contributed by atoms with E-state index in [0.717, 1.165) is 20.2 Å². The quantitative estimate of drug-likeness (QED) is 0.505. The maximum atomic E-state index is 13.7. The number of nitrogens with zero attached hydrogens (tertiary/aromatic N) is 2. The molecular formula is C25H27N3O5S. The fourth-order valence-corrected chi connectivity index (χ4v) is 5.55. The van der Waals surface area contributed by atoms with Crippen molar-refractivity contribution in [2.45, 2.75) is 37.3 Å². The molecule has 1 aliphatic rings. The van der Waals surface area contributed by atoms with Crippen LogP contribution in [0.1, 0.15) is 19.4 Å². The van der Waals surface area contributed by atoms with E-state index >= 15 is 0 Å². The SMILES string of the molecule is Cc1ccc(S(=O)(=O)N(CC(O)CN2C(=O)NC(C)(C)C2=O)c2cccc3ccccc23)cc1. The molecule has 0 aliphatic carbocycles. The van der Waals surface area contributed by atoms with Crippen molar-refractivity contribution in [3.8, 4) is 0 Å². The fraction of sp³-hybridized carbons (Fsp3) is 0.280. The Balaban J connectivity index is 1.73. The van der Waals surface area contributed by atoms with Gasteiger partial charge < -0.3 is 10.4 Å². The van der Waals surface area contributed by atoms with Gasteiger partial charge in [-0.2, -0.15) is 0 Å². The van der Waals surface area contributed by atoms with Gasteiger partial charge in [0.05, 0.1) is 29.8 Å². The van der Waals surface area contributed by atoms with Crippen LogP contribution in [0.15, 0.2) is 71.6 Å². The van der Waals surface area contributed by atoms with E-state index in [1.165, 1.54) is 12.1 Å². The second-order valence-electron chi connectivity index (χ2n) is 8.97. The first-order valence-corrected chi connectivity index (χ1v) is 12.3. The molecule has 1 saturated heterocycles. The van der Waals surface area contributed by atoms with E-state index in [2.05, 4.69) is 5.32 Å². The van der Waals surface area contributed by atoms with Crippen molar-refractivity contribution in [2.75, 3.05) is 17.4 Å². The van der Waals surface area contributed by atoms with Gasteiger partial charge in [-0.3, -0.25) is 14.0 Å². The zero-order valence-electron chi connectivity index (χ0n) is 19.2. The highest BCUT2D eigenvalue weighted by molar-refractivity contribution is 7.92. The number of imide groups is 1. The molecule has 3 aromatic carbocycles. The smallest absolute Gasteiger partial charge is 0.325 e. The molecule has 1 aliphatic heterocycles. The first-order valence-electron chi connectivity index (χ1n) is 10.9. The summed E-state index contributed by atoms with van der Waals surface area (Å²) in [5.74, 6) is -0.477. The number of β-amino-alcohol motifs (C(OH)–C–C–N with tert-alkyl or cyclic N) is 1. The third kappa shape index (κ3) is 4.36. The Labute approximate surface area is 198 Å². The van der Waals surface area contributed by atoms with E-state index in [1.807, 2.05) is 37.3 Å². The van der Waals surface area contributed by atoms with Crippen molar-refractivity contribution in [1.29, 1.82) is 0 Å². The maximum absolute atomic E-state index is 13.7. The van der Waals surface area contributed by atoms with Crippen LogP contribution in [-0.2, 0) is 14.8 Å². The van der Waals surface area contributed by atoms with E-state index < -0.39 is 33.6 Å². The van der Waals surface area contributed by atoms with Crippen LogP contribution in [0, 0.1) is 6.92 Å². The molecule has 1 fully saturated rings. The Hall–Kier alpha value is -3.43. The van der Waals surface area contributed by atoms with Gasteiger partial charge in [0.2, 0.25) is 0 Å². The van der Waals surface area contributed by atoms with Gasteiger partial charge in [0, 0.05) is 5.39 Å². The second kappa shape index (κ2) is 8.73. The number of aliphatic hydroxyl groups excluding tert-OH is 1. The van der Waals surface area contributed by atoms with Gasteiger partial charge in [-0.25, -0.2) is 13.2 Å². The van der Waals surface area contributed by atoms with Gasteiger partial charge in [-0.15, -0.1) is 0 Å². The molecule has 1 atom stereocenters. The summed E-state index contributed by atoms with van der Waals surface area (Å²) in [6.07, 6.45) is -1.32. The lowest BCUT2D eigenvalue weighted by Crippen LogP contribution is -2.45. The lowest BCUT2D eigenvalue weighted by atomic mass is 10.1. The summed E-state index contributed by atoms with van der Waals surface area (Å²) < 4.78 is 28.6. The minimum absolute atomic E-state index is 0.0781. The summed E-state index contributed by atoms with van der Waals surface area (Å²) in [5.41, 5.74) is 0.229. The molecule has 9 heteroatoms. The van der Waals surface area contributed by atoms with Crippen LogP contribution >= 0.6 is 0 Å². The number of rotatable bonds is 7. The van der Waals surface area contributed by atoms with Crippen LogP contribution in [0.3, 0.4) is 0 Å². The van der Waals surface area contributed by atoms with Crippen LogP contribution in [0.4, 0.5) is 10.5 Å². The van der Waals surface area contributed by atoms with E-state index in [0.29, 0.717) is 11.1 Å². The molecule has 3 aromatic rings. The average Bonchev–Trinajstić information content (AvgIpc) is 2.98. The molecule has 8 nitrogen and oxygen atoms in total. The molecule has 0 bridgehead atoms. The van der Waals surface area contributed by atoms with E-state index in [1.54, 1.807) is 38.1 Å². The lowest BCUT2D eigenvalue weighted by Gasteiger charge is -2.29. The molecule has 4 rings (SSSR count). The topological polar surface area (TPSA) is 107 Å². The predicted octanol–water partition coefficient (Wildman–Crippen LogP) is 3.03. The Kier molecular flexibility index (Phi) is 6.09. The molecule has 1 unspecified atom stereocenters. The molecule has 0 saturated carbocycles. The van der Waals surface area contributed by atoms with Gasteiger partial charge in [0.1, 0.15) is 5.54 Å². The third-order valence-electron chi connectivity index (χ3n) is 5.86. The molecule has 0 aromatic heterocycles. The lowest BCUT2D eigenvalue weighted by molar-refractivity contribution is -0.131. The largest absolute Gasteiger partial charge is 0.389 e. The van der Waals surface area contributed by atoms with Crippen LogP contribution in [0.25, 0.3) is 10.8 Å². The van der Waals surface area contributed by atoms with Crippen LogP contribution in [0.5, 0.6) is 0 Å². The zero-order chi connectivity index (χ0) is 24.7. The van der Waals surface area contributed by atoms with Crippen molar-refractivity contribution < 1.29 is 23.1 Å². The van der Waals surface area contributed by atoms with Crippen molar-refractivity contribution in [3.63, 3.8) is 0 Å². The molecule has 1 heterocycles. The normalized spacial score (nSPS) is 16.5. The predicted molar refractivity (Wildman–Crippen MR) is 130 cm³/mol. The summed E-state index contributed by atoms with van der Waals surface area (Å²) in [5, 5.41) is 15.0. The van der Waals surface area contributed by atoms with Crippen molar-refractivity contribution in [1.82, 2.24) is 10.2 Å². The number of amides is 3. The van der Waals surface area contributed by atoms with Crippen LogP contribution < -0.4 is 9.62 Å². The highest BCUT2D eigenvalue weighted by Gasteiger charge is 2.45. The summed E-state index contributed by atoms with van der Waals surface area (Å²) in [6, 6.07) is 18.5. The summed E-state index contributed by atoms with van der Waals surface area (Å²) >= 11 is 0. The van der Waals surface area contributed by atoms with Crippen molar-refractivity contribution in [2.24, 2.45) is 0 Å². The fourth-order valence-electron chi connectivity index (χ4n) is 4.03. The number of nitrogens with one attached hydrogen (secondary N) is 1. The highest BCUT2D eigenvalue weighted by atomic mass is 32.2. The minimum Gasteiger partial charge on any atom is -0.389 e. The van der Waals surface area contributed by atoms with Crippen molar-refractivity contribution in [3.05, 3.63) is 72.3 Å². The molecule has 0 radical (unpaired) electrons. The number of anilines is 1. The maximum Gasteiger partial charge on any atom is 0.325 e.